The van der Waals surface area contributed by atoms with Gasteiger partial charge in [-0.25, -0.2) is 13.2 Å². The summed E-state index contributed by atoms with van der Waals surface area (Å²) in [6.45, 7) is 3.61. The second-order valence-corrected chi connectivity index (χ2v) is 5.87. The number of likely N-dealkylation sites (N-methyl/N-ethyl adjacent to an activating group) is 1. The Kier molecular flexibility index (Phi) is 7.14. The van der Waals surface area contributed by atoms with E-state index >= 15 is 0 Å². The van der Waals surface area contributed by atoms with Gasteiger partial charge in [0, 0.05) is 19.6 Å². The molecule has 116 valence electrons. The number of aromatic amines is 1. The number of halogens is 1. The van der Waals surface area contributed by atoms with Crippen molar-refractivity contribution in [3.05, 3.63) is 11.8 Å². The van der Waals surface area contributed by atoms with Crippen molar-refractivity contribution in [1.29, 1.82) is 0 Å². The molecule has 1 unspecified atom stereocenters. The Labute approximate surface area is 124 Å². The van der Waals surface area contributed by atoms with E-state index in [2.05, 4.69) is 10.2 Å². The van der Waals surface area contributed by atoms with Crippen molar-refractivity contribution in [1.82, 2.24) is 14.5 Å². The largest absolute Gasteiger partial charge is 0.462 e. The van der Waals surface area contributed by atoms with Crippen LogP contribution in [-0.2, 0) is 14.8 Å². The van der Waals surface area contributed by atoms with E-state index in [-0.39, 0.29) is 36.1 Å². The topological polar surface area (TPSA) is 118 Å². The van der Waals surface area contributed by atoms with Gasteiger partial charge >= 0.3 is 5.97 Å². The zero-order valence-electron chi connectivity index (χ0n) is 11.5. The number of rotatable bonds is 6. The normalized spacial score (nSPS) is 12.8. The quantitative estimate of drug-likeness (QED) is 0.709. The summed E-state index contributed by atoms with van der Waals surface area (Å²) in [7, 11) is -2.48. The highest BCUT2D eigenvalue weighted by atomic mass is 35.5. The number of aromatic nitrogens is 2. The van der Waals surface area contributed by atoms with E-state index in [1.54, 1.807) is 13.8 Å². The van der Waals surface area contributed by atoms with Crippen LogP contribution in [-0.4, -0.2) is 55.1 Å². The summed E-state index contributed by atoms with van der Waals surface area (Å²) in [5.74, 6) is -0.733. The van der Waals surface area contributed by atoms with Crippen molar-refractivity contribution < 1.29 is 17.9 Å². The molecule has 0 amide bonds. The van der Waals surface area contributed by atoms with E-state index in [4.69, 9.17) is 10.5 Å². The summed E-state index contributed by atoms with van der Waals surface area (Å²) >= 11 is 0. The van der Waals surface area contributed by atoms with E-state index in [1.165, 1.54) is 7.05 Å². The first-order valence-electron chi connectivity index (χ1n) is 5.74. The zero-order valence-corrected chi connectivity index (χ0v) is 13.1. The molecule has 1 atom stereocenters. The SMILES string of the molecule is CCOC(=O)c1cn[nH]c1S(=O)(=O)N(C)C(C)CN.Cl. The Morgan fingerprint density at radius 2 is 2.20 bits per heavy atom. The van der Waals surface area contributed by atoms with Gasteiger partial charge in [-0.3, -0.25) is 5.10 Å². The molecule has 1 rings (SSSR count). The number of carbonyl (C=O) groups is 1. The molecule has 10 heteroatoms. The number of ether oxygens (including phenoxy) is 1. The van der Waals surface area contributed by atoms with E-state index in [0.717, 1.165) is 10.5 Å². The highest BCUT2D eigenvalue weighted by Gasteiger charge is 2.31. The van der Waals surface area contributed by atoms with Crippen molar-refractivity contribution in [2.45, 2.75) is 24.9 Å². The average Bonchev–Trinajstić information content (AvgIpc) is 2.87. The third-order valence-corrected chi connectivity index (χ3v) is 4.64. The Bertz CT molecular complexity index is 545. The Hall–Kier alpha value is -1.16. The lowest BCUT2D eigenvalue weighted by atomic mass is 10.4. The molecule has 1 heterocycles. The van der Waals surface area contributed by atoms with Gasteiger partial charge in [-0.05, 0) is 13.8 Å². The molecular formula is C10H19ClN4O4S. The van der Waals surface area contributed by atoms with Crippen LogP contribution < -0.4 is 5.73 Å². The maximum Gasteiger partial charge on any atom is 0.342 e. The van der Waals surface area contributed by atoms with Gasteiger partial charge in [0.25, 0.3) is 10.0 Å². The monoisotopic (exact) mass is 326 g/mol. The van der Waals surface area contributed by atoms with Crippen LogP contribution in [0.2, 0.25) is 0 Å². The van der Waals surface area contributed by atoms with Crippen molar-refractivity contribution >= 4 is 28.4 Å². The second-order valence-electron chi connectivity index (χ2n) is 3.94. The molecule has 0 bridgehead atoms. The molecule has 0 saturated heterocycles. The van der Waals surface area contributed by atoms with E-state index in [9.17, 15) is 13.2 Å². The lowest BCUT2D eigenvalue weighted by molar-refractivity contribution is 0.0521. The van der Waals surface area contributed by atoms with Gasteiger partial charge in [0.1, 0.15) is 5.56 Å². The van der Waals surface area contributed by atoms with Crippen LogP contribution in [0.15, 0.2) is 11.2 Å². The third-order valence-electron chi connectivity index (χ3n) is 2.70. The summed E-state index contributed by atoms with van der Waals surface area (Å²) in [4.78, 5) is 11.6. The first-order valence-corrected chi connectivity index (χ1v) is 7.18. The summed E-state index contributed by atoms with van der Waals surface area (Å²) in [5.41, 5.74) is 5.33. The molecule has 0 fully saturated rings. The zero-order chi connectivity index (χ0) is 14.6. The minimum Gasteiger partial charge on any atom is -0.462 e. The van der Waals surface area contributed by atoms with Crippen LogP contribution in [0.1, 0.15) is 24.2 Å². The van der Waals surface area contributed by atoms with Crippen molar-refractivity contribution in [2.75, 3.05) is 20.2 Å². The second kappa shape index (κ2) is 7.58. The molecule has 1 aromatic heterocycles. The van der Waals surface area contributed by atoms with Crippen LogP contribution in [0, 0.1) is 0 Å². The Morgan fingerprint density at radius 1 is 1.60 bits per heavy atom. The lowest BCUT2D eigenvalue weighted by Crippen LogP contribution is -2.40. The maximum atomic E-state index is 12.3. The van der Waals surface area contributed by atoms with Gasteiger partial charge in [0.2, 0.25) is 0 Å². The van der Waals surface area contributed by atoms with Crippen molar-refractivity contribution in [2.24, 2.45) is 5.73 Å². The fourth-order valence-corrected chi connectivity index (χ4v) is 2.78. The number of hydrogen-bond acceptors (Lipinski definition) is 6. The van der Waals surface area contributed by atoms with Crippen LogP contribution in [0.25, 0.3) is 0 Å². The molecule has 0 aliphatic carbocycles. The molecule has 0 saturated carbocycles. The van der Waals surface area contributed by atoms with Crippen LogP contribution in [0.3, 0.4) is 0 Å². The van der Waals surface area contributed by atoms with Crippen LogP contribution in [0.4, 0.5) is 0 Å². The van der Waals surface area contributed by atoms with Crippen molar-refractivity contribution in [3.63, 3.8) is 0 Å². The highest BCUT2D eigenvalue weighted by Crippen LogP contribution is 2.18. The number of nitrogens with zero attached hydrogens (tertiary/aromatic N) is 2. The molecule has 0 aromatic carbocycles. The van der Waals surface area contributed by atoms with Gasteiger partial charge < -0.3 is 10.5 Å². The van der Waals surface area contributed by atoms with Gasteiger partial charge in [-0.15, -0.1) is 12.4 Å². The number of esters is 1. The number of nitrogens with one attached hydrogen (secondary N) is 1. The molecular weight excluding hydrogens is 308 g/mol. The molecule has 20 heavy (non-hydrogen) atoms. The number of sulfonamides is 1. The highest BCUT2D eigenvalue weighted by molar-refractivity contribution is 7.89. The van der Waals surface area contributed by atoms with Gasteiger partial charge in [0.05, 0.1) is 12.8 Å². The summed E-state index contributed by atoms with van der Waals surface area (Å²) in [5, 5.41) is 5.64. The number of nitrogens with two attached hydrogens (primary N) is 1. The first kappa shape index (κ1) is 18.8. The van der Waals surface area contributed by atoms with Gasteiger partial charge in [0.15, 0.2) is 5.03 Å². The third kappa shape index (κ3) is 3.69. The molecule has 0 aliphatic heterocycles. The molecule has 1 aromatic rings. The lowest BCUT2D eigenvalue weighted by Gasteiger charge is -2.22. The summed E-state index contributed by atoms with van der Waals surface area (Å²) < 4.78 is 30.5. The summed E-state index contributed by atoms with van der Waals surface area (Å²) in [6.07, 6.45) is 1.13. The van der Waals surface area contributed by atoms with E-state index in [0.29, 0.717) is 0 Å². The fraction of sp³-hybridized carbons (Fsp3) is 0.600. The number of H-pyrrole nitrogens is 1. The first-order chi connectivity index (χ1) is 8.86. The minimum absolute atomic E-state index is 0. The molecule has 0 aliphatic rings. The van der Waals surface area contributed by atoms with Gasteiger partial charge in [-0.2, -0.15) is 9.40 Å². The van der Waals surface area contributed by atoms with Gasteiger partial charge in [-0.1, -0.05) is 0 Å². The van der Waals surface area contributed by atoms with Crippen LogP contribution in [0.5, 0.6) is 0 Å². The standard InChI is InChI=1S/C10H18N4O4S.ClH/c1-4-18-10(15)8-6-12-13-9(8)19(16,17)14(3)7(2)5-11;/h6-7H,4-5,11H2,1-3H3,(H,12,13);1H. The Balaban J connectivity index is 0.00000361. The number of carbonyl (C=O) groups excluding carboxylic acids is 1. The molecule has 8 nitrogen and oxygen atoms in total. The molecule has 0 spiro atoms. The van der Waals surface area contributed by atoms with E-state index < -0.39 is 22.0 Å². The predicted molar refractivity (Wildman–Crippen MR) is 75.3 cm³/mol. The fourth-order valence-electron chi connectivity index (χ4n) is 1.35. The van der Waals surface area contributed by atoms with E-state index in [1.807, 2.05) is 0 Å². The smallest absolute Gasteiger partial charge is 0.342 e. The molecule has 0 radical (unpaired) electrons. The predicted octanol–water partition coefficient (Wildman–Crippen LogP) is -0.0241. The average molecular weight is 327 g/mol. The summed E-state index contributed by atoms with van der Waals surface area (Å²) in [6, 6.07) is -0.400. The maximum absolute atomic E-state index is 12.3. The van der Waals surface area contributed by atoms with Crippen LogP contribution >= 0.6 is 12.4 Å². The molecule has 3 N–H and O–H groups in total. The Morgan fingerprint density at radius 3 is 2.70 bits per heavy atom. The number of hydrogen-bond donors (Lipinski definition) is 2. The minimum atomic E-state index is -3.87. The van der Waals surface area contributed by atoms with Crippen molar-refractivity contribution in [3.8, 4) is 0 Å².